The Kier molecular flexibility index (Phi) is 4.79. The quantitative estimate of drug-likeness (QED) is 0.608. The molecule has 0 saturated heterocycles. The molecule has 11 heavy (non-hydrogen) atoms. The summed E-state index contributed by atoms with van der Waals surface area (Å²) in [5.74, 6) is 0.221. The minimum Gasteiger partial charge on any atom is -0.316 e. The molecule has 0 rings (SSSR count). The van der Waals surface area contributed by atoms with Crippen LogP contribution in [0.3, 0.4) is 0 Å². The van der Waals surface area contributed by atoms with Gasteiger partial charge in [-0.1, -0.05) is 20.4 Å². The molecule has 0 heterocycles. The molecule has 0 saturated carbocycles. The van der Waals surface area contributed by atoms with Crippen LogP contribution < -0.4 is 5.32 Å². The van der Waals surface area contributed by atoms with Crippen molar-refractivity contribution in [2.45, 2.75) is 20.8 Å². The maximum atomic E-state index is 11.2. The van der Waals surface area contributed by atoms with E-state index in [0.717, 1.165) is 13.1 Å². The van der Waals surface area contributed by atoms with Crippen molar-refractivity contribution in [2.75, 3.05) is 13.1 Å². The van der Waals surface area contributed by atoms with Gasteiger partial charge in [-0.25, -0.2) is 0 Å². The molecule has 1 N–H and O–H groups in total. The molecule has 0 aromatic carbocycles. The molecular formula is C9H17NO. The predicted octanol–water partition coefficient (Wildman–Crippen LogP) is 1.38. The van der Waals surface area contributed by atoms with E-state index in [1.807, 2.05) is 13.8 Å². The van der Waals surface area contributed by atoms with E-state index in [4.69, 9.17) is 0 Å². The first kappa shape index (κ1) is 10.4. The Bertz CT molecular complexity index is 152. The SMILES string of the molecule is C=C(C)C(=O)C(C)CNCC. The minimum absolute atomic E-state index is 0.0625. The molecule has 0 bridgehead atoms. The van der Waals surface area contributed by atoms with Gasteiger partial charge in [0.15, 0.2) is 5.78 Å². The van der Waals surface area contributed by atoms with E-state index >= 15 is 0 Å². The maximum Gasteiger partial charge on any atom is 0.162 e. The Morgan fingerprint density at radius 2 is 2.18 bits per heavy atom. The van der Waals surface area contributed by atoms with Gasteiger partial charge in [0.1, 0.15) is 0 Å². The number of allylic oxidation sites excluding steroid dienone is 1. The third-order valence-electron chi connectivity index (χ3n) is 1.57. The molecule has 0 aromatic heterocycles. The molecule has 1 atom stereocenters. The second-order valence-corrected chi connectivity index (χ2v) is 2.85. The van der Waals surface area contributed by atoms with Crippen LogP contribution in [-0.2, 0) is 4.79 Å². The van der Waals surface area contributed by atoms with Crippen LogP contribution in [-0.4, -0.2) is 18.9 Å². The molecule has 2 nitrogen and oxygen atoms in total. The lowest BCUT2D eigenvalue weighted by atomic mass is 10.0. The molecule has 2 heteroatoms. The van der Waals surface area contributed by atoms with Crippen LogP contribution in [0.5, 0.6) is 0 Å². The number of hydrogen-bond acceptors (Lipinski definition) is 2. The fourth-order valence-corrected chi connectivity index (χ4v) is 0.874. The van der Waals surface area contributed by atoms with E-state index in [9.17, 15) is 4.79 Å². The largest absolute Gasteiger partial charge is 0.316 e. The van der Waals surface area contributed by atoms with Crippen LogP contribution in [0.4, 0.5) is 0 Å². The Morgan fingerprint density at radius 3 is 2.55 bits per heavy atom. The highest BCUT2D eigenvalue weighted by atomic mass is 16.1. The highest BCUT2D eigenvalue weighted by Crippen LogP contribution is 2.02. The van der Waals surface area contributed by atoms with Gasteiger partial charge in [-0.15, -0.1) is 0 Å². The molecule has 0 radical (unpaired) electrons. The molecule has 64 valence electrons. The summed E-state index contributed by atoms with van der Waals surface area (Å²) < 4.78 is 0. The number of carbonyl (C=O) groups excluding carboxylic acids is 1. The summed E-state index contributed by atoms with van der Waals surface area (Å²) in [5.41, 5.74) is 0.649. The van der Waals surface area contributed by atoms with Crippen LogP contribution in [0.25, 0.3) is 0 Å². The summed E-state index contributed by atoms with van der Waals surface area (Å²) in [6.45, 7) is 11.0. The molecule has 0 fully saturated rings. The van der Waals surface area contributed by atoms with Crippen LogP contribution in [0.1, 0.15) is 20.8 Å². The first-order valence-corrected chi connectivity index (χ1v) is 4.00. The van der Waals surface area contributed by atoms with E-state index in [0.29, 0.717) is 5.57 Å². The van der Waals surface area contributed by atoms with E-state index in [1.165, 1.54) is 0 Å². The van der Waals surface area contributed by atoms with Gasteiger partial charge in [-0.3, -0.25) is 4.79 Å². The topological polar surface area (TPSA) is 29.1 Å². The smallest absolute Gasteiger partial charge is 0.162 e. The third kappa shape index (κ3) is 3.94. The van der Waals surface area contributed by atoms with Crippen molar-refractivity contribution in [1.29, 1.82) is 0 Å². The molecule has 0 aliphatic heterocycles. The molecule has 0 aliphatic carbocycles. The number of ketones is 1. The van der Waals surface area contributed by atoms with Crippen molar-refractivity contribution in [3.8, 4) is 0 Å². The number of carbonyl (C=O) groups is 1. The van der Waals surface area contributed by atoms with Gasteiger partial charge in [0.2, 0.25) is 0 Å². The fraction of sp³-hybridized carbons (Fsp3) is 0.667. The van der Waals surface area contributed by atoms with E-state index < -0.39 is 0 Å². The predicted molar refractivity (Wildman–Crippen MR) is 47.5 cm³/mol. The Hall–Kier alpha value is -0.630. The molecule has 0 spiro atoms. The second-order valence-electron chi connectivity index (χ2n) is 2.85. The van der Waals surface area contributed by atoms with Crippen molar-refractivity contribution in [2.24, 2.45) is 5.92 Å². The normalized spacial score (nSPS) is 12.6. The fourth-order valence-electron chi connectivity index (χ4n) is 0.874. The molecule has 1 unspecified atom stereocenters. The molecule has 0 amide bonds. The first-order chi connectivity index (χ1) is 5.09. The average Bonchev–Trinajstić information content (AvgIpc) is 1.98. The van der Waals surface area contributed by atoms with Gasteiger partial charge < -0.3 is 5.32 Å². The number of nitrogens with one attached hydrogen (secondary N) is 1. The molecular weight excluding hydrogens is 138 g/mol. The summed E-state index contributed by atoms with van der Waals surface area (Å²) in [6.07, 6.45) is 0. The summed E-state index contributed by atoms with van der Waals surface area (Å²) in [5, 5.41) is 3.12. The van der Waals surface area contributed by atoms with Gasteiger partial charge in [-0.05, 0) is 19.0 Å². The summed E-state index contributed by atoms with van der Waals surface area (Å²) in [7, 11) is 0. The summed E-state index contributed by atoms with van der Waals surface area (Å²) >= 11 is 0. The third-order valence-corrected chi connectivity index (χ3v) is 1.57. The highest BCUT2D eigenvalue weighted by Gasteiger charge is 2.11. The molecule has 0 aliphatic rings. The van der Waals surface area contributed by atoms with Crippen molar-refractivity contribution >= 4 is 5.78 Å². The Labute approximate surface area is 68.7 Å². The summed E-state index contributed by atoms with van der Waals surface area (Å²) in [6, 6.07) is 0. The van der Waals surface area contributed by atoms with Gasteiger partial charge in [0.25, 0.3) is 0 Å². The Morgan fingerprint density at radius 1 is 1.64 bits per heavy atom. The lowest BCUT2D eigenvalue weighted by Crippen LogP contribution is -2.26. The minimum atomic E-state index is 0.0625. The van der Waals surface area contributed by atoms with Crippen LogP contribution in [0.2, 0.25) is 0 Å². The van der Waals surface area contributed by atoms with Crippen molar-refractivity contribution in [3.63, 3.8) is 0 Å². The lowest BCUT2D eigenvalue weighted by molar-refractivity contribution is -0.118. The maximum absolute atomic E-state index is 11.2. The van der Waals surface area contributed by atoms with E-state index in [1.54, 1.807) is 6.92 Å². The van der Waals surface area contributed by atoms with Crippen LogP contribution >= 0.6 is 0 Å². The van der Waals surface area contributed by atoms with E-state index in [2.05, 4.69) is 11.9 Å². The van der Waals surface area contributed by atoms with Gasteiger partial charge >= 0.3 is 0 Å². The first-order valence-electron chi connectivity index (χ1n) is 4.00. The lowest BCUT2D eigenvalue weighted by Gasteiger charge is -2.09. The van der Waals surface area contributed by atoms with Crippen molar-refractivity contribution in [3.05, 3.63) is 12.2 Å². The van der Waals surface area contributed by atoms with Crippen molar-refractivity contribution in [1.82, 2.24) is 5.32 Å². The van der Waals surface area contributed by atoms with Gasteiger partial charge in [0, 0.05) is 12.5 Å². The zero-order chi connectivity index (χ0) is 8.85. The number of rotatable bonds is 5. The van der Waals surface area contributed by atoms with E-state index in [-0.39, 0.29) is 11.7 Å². The number of Topliss-reactive ketones (excluding diaryl/α,β-unsaturated/α-hetero) is 1. The highest BCUT2D eigenvalue weighted by molar-refractivity contribution is 5.95. The van der Waals surface area contributed by atoms with Crippen LogP contribution in [0, 0.1) is 5.92 Å². The average molecular weight is 155 g/mol. The van der Waals surface area contributed by atoms with Gasteiger partial charge in [-0.2, -0.15) is 0 Å². The molecule has 0 aromatic rings. The standard InChI is InChI=1S/C9H17NO/c1-5-10-6-8(4)9(11)7(2)3/h8,10H,2,5-6H2,1,3-4H3. The Balaban J connectivity index is 3.73. The zero-order valence-electron chi connectivity index (χ0n) is 7.61. The second kappa shape index (κ2) is 5.08. The van der Waals surface area contributed by atoms with Crippen molar-refractivity contribution < 1.29 is 4.79 Å². The van der Waals surface area contributed by atoms with Gasteiger partial charge in [0.05, 0.1) is 0 Å². The van der Waals surface area contributed by atoms with Crippen LogP contribution in [0.15, 0.2) is 12.2 Å². The number of hydrogen-bond donors (Lipinski definition) is 1. The monoisotopic (exact) mass is 155 g/mol. The zero-order valence-corrected chi connectivity index (χ0v) is 7.61. The summed E-state index contributed by atoms with van der Waals surface area (Å²) in [4.78, 5) is 11.2.